The van der Waals surface area contributed by atoms with Crippen LogP contribution < -0.4 is 0 Å². The quantitative estimate of drug-likeness (QED) is 0.684. The van der Waals surface area contributed by atoms with Crippen LogP contribution in [0.4, 0.5) is 5.69 Å². The van der Waals surface area contributed by atoms with Gasteiger partial charge in [0, 0.05) is 17.7 Å². The van der Waals surface area contributed by atoms with Crippen LogP contribution in [0.2, 0.25) is 5.15 Å². The maximum atomic E-state index is 5.91. The van der Waals surface area contributed by atoms with E-state index in [0.717, 1.165) is 28.9 Å². The molecule has 0 bridgehead atoms. The van der Waals surface area contributed by atoms with E-state index in [1.807, 2.05) is 37.3 Å². The summed E-state index contributed by atoms with van der Waals surface area (Å²) < 4.78 is 5.75. The second-order valence-corrected chi connectivity index (χ2v) is 5.92. The maximum absolute atomic E-state index is 5.91. The molecular weight excluding hydrogens is 312 g/mol. The third-order valence-electron chi connectivity index (χ3n) is 3.73. The van der Waals surface area contributed by atoms with Gasteiger partial charge in [-0.15, -0.1) is 10.2 Å². The third-order valence-corrected chi connectivity index (χ3v) is 3.93. The molecule has 1 aliphatic heterocycles. The van der Waals surface area contributed by atoms with E-state index in [0.29, 0.717) is 23.4 Å². The molecule has 0 amide bonds. The van der Waals surface area contributed by atoms with Crippen molar-refractivity contribution in [1.82, 2.24) is 15.2 Å². The molecule has 0 saturated heterocycles. The van der Waals surface area contributed by atoms with Crippen molar-refractivity contribution < 1.29 is 4.42 Å². The first-order chi connectivity index (χ1) is 11.2. The van der Waals surface area contributed by atoms with E-state index >= 15 is 0 Å². The van der Waals surface area contributed by atoms with Crippen molar-refractivity contribution in [3.63, 3.8) is 0 Å². The standard InChI is InChI=1S/C17H13ClN4O/c1-10-2-4-11(5-3-10)17-22-21-16(23-17)8-13-6-12-7-15(18)19-9-14(12)20-13/h2-5,7,9H,6,8H2,1H3. The minimum atomic E-state index is 0.486. The molecule has 3 heterocycles. The average molecular weight is 325 g/mol. The van der Waals surface area contributed by atoms with Crippen molar-refractivity contribution in [3.05, 3.63) is 58.7 Å². The number of hydrogen-bond donors (Lipinski definition) is 0. The minimum absolute atomic E-state index is 0.486. The number of aromatic nitrogens is 3. The van der Waals surface area contributed by atoms with Crippen molar-refractivity contribution in [3.8, 4) is 11.5 Å². The molecule has 1 aromatic carbocycles. The number of aryl methyl sites for hydroxylation is 1. The molecule has 0 N–H and O–H groups in total. The van der Waals surface area contributed by atoms with Gasteiger partial charge in [0.1, 0.15) is 5.15 Å². The van der Waals surface area contributed by atoms with Crippen molar-refractivity contribution in [2.75, 3.05) is 0 Å². The van der Waals surface area contributed by atoms with Crippen LogP contribution in [0.1, 0.15) is 17.0 Å². The van der Waals surface area contributed by atoms with Crippen LogP contribution in [0.15, 0.2) is 45.9 Å². The molecule has 1 aliphatic rings. The fourth-order valence-electron chi connectivity index (χ4n) is 2.55. The molecule has 0 aliphatic carbocycles. The van der Waals surface area contributed by atoms with Crippen molar-refractivity contribution >= 4 is 23.0 Å². The second-order valence-electron chi connectivity index (χ2n) is 5.53. The first-order valence-electron chi connectivity index (χ1n) is 7.28. The van der Waals surface area contributed by atoms with Crippen LogP contribution in [0, 0.1) is 6.92 Å². The van der Waals surface area contributed by atoms with Gasteiger partial charge in [-0.25, -0.2) is 4.98 Å². The van der Waals surface area contributed by atoms with Crippen molar-refractivity contribution in [1.29, 1.82) is 0 Å². The Labute approximate surface area is 138 Å². The number of nitrogens with zero attached hydrogens (tertiary/aromatic N) is 4. The van der Waals surface area contributed by atoms with Gasteiger partial charge in [0.2, 0.25) is 11.8 Å². The van der Waals surface area contributed by atoms with Gasteiger partial charge in [0.15, 0.2) is 0 Å². The summed E-state index contributed by atoms with van der Waals surface area (Å²) in [6, 6.07) is 9.84. The van der Waals surface area contributed by atoms with E-state index in [-0.39, 0.29) is 0 Å². The minimum Gasteiger partial charge on any atom is -0.420 e. The zero-order chi connectivity index (χ0) is 15.8. The Kier molecular flexibility index (Phi) is 3.42. The van der Waals surface area contributed by atoms with Gasteiger partial charge >= 0.3 is 0 Å². The molecule has 0 saturated carbocycles. The van der Waals surface area contributed by atoms with Crippen LogP contribution in [0.25, 0.3) is 11.5 Å². The van der Waals surface area contributed by atoms with Crippen molar-refractivity contribution in [2.45, 2.75) is 19.8 Å². The predicted molar refractivity (Wildman–Crippen MR) is 88.2 cm³/mol. The molecule has 3 aromatic rings. The van der Waals surface area contributed by atoms with Gasteiger partial charge in [-0.3, -0.25) is 4.99 Å². The Balaban J connectivity index is 1.52. The third kappa shape index (κ3) is 2.87. The first kappa shape index (κ1) is 14.1. The lowest BCUT2D eigenvalue weighted by Gasteiger charge is -1.97. The SMILES string of the molecule is Cc1ccc(-c2nnc(CC3=Nc4cnc(Cl)cc4C3)o2)cc1. The van der Waals surface area contributed by atoms with E-state index in [1.54, 1.807) is 6.20 Å². The largest absolute Gasteiger partial charge is 0.420 e. The average Bonchev–Trinajstić information content (AvgIpc) is 3.14. The predicted octanol–water partition coefficient (Wildman–Crippen LogP) is 3.96. The maximum Gasteiger partial charge on any atom is 0.247 e. The summed E-state index contributed by atoms with van der Waals surface area (Å²) in [6.45, 7) is 2.04. The highest BCUT2D eigenvalue weighted by atomic mass is 35.5. The zero-order valence-corrected chi connectivity index (χ0v) is 13.2. The lowest BCUT2D eigenvalue weighted by Crippen LogP contribution is -2.03. The smallest absolute Gasteiger partial charge is 0.247 e. The fourth-order valence-corrected chi connectivity index (χ4v) is 2.73. The van der Waals surface area contributed by atoms with E-state index < -0.39 is 0 Å². The number of fused-ring (bicyclic) bond motifs is 1. The highest BCUT2D eigenvalue weighted by molar-refractivity contribution is 6.29. The molecule has 2 aromatic heterocycles. The molecular formula is C17H13ClN4O. The molecule has 0 fully saturated rings. The Bertz CT molecular complexity index is 899. The number of pyridine rings is 1. The normalized spacial score (nSPS) is 13.0. The molecule has 4 rings (SSSR count). The van der Waals surface area contributed by atoms with Crippen LogP contribution in [0.3, 0.4) is 0 Å². The van der Waals surface area contributed by atoms with Gasteiger partial charge in [-0.05, 0) is 30.7 Å². The number of aliphatic imine (C=N–C) groups is 1. The van der Waals surface area contributed by atoms with E-state index in [4.69, 9.17) is 16.0 Å². The van der Waals surface area contributed by atoms with Crippen LogP contribution in [0.5, 0.6) is 0 Å². The summed E-state index contributed by atoms with van der Waals surface area (Å²) in [5.74, 6) is 1.09. The first-order valence-corrected chi connectivity index (χ1v) is 7.65. The van der Waals surface area contributed by atoms with Gasteiger partial charge in [-0.2, -0.15) is 0 Å². The summed E-state index contributed by atoms with van der Waals surface area (Å²) in [6.07, 6.45) is 2.96. The van der Waals surface area contributed by atoms with Crippen LogP contribution >= 0.6 is 11.6 Å². The zero-order valence-electron chi connectivity index (χ0n) is 12.5. The topological polar surface area (TPSA) is 64.2 Å². The van der Waals surface area contributed by atoms with E-state index in [9.17, 15) is 0 Å². The van der Waals surface area contributed by atoms with Gasteiger partial charge in [0.25, 0.3) is 0 Å². The highest BCUT2D eigenvalue weighted by Gasteiger charge is 2.18. The molecule has 0 spiro atoms. The fraction of sp³-hybridized carbons (Fsp3) is 0.176. The number of hydrogen-bond acceptors (Lipinski definition) is 5. The summed E-state index contributed by atoms with van der Waals surface area (Å²) in [5.41, 5.74) is 5.03. The number of rotatable bonds is 3. The summed E-state index contributed by atoms with van der Waals surface area (Å²) in [7, 11) is 0. The molecule has 114 valence electrons. The monoisotopic (exact) mass is 324 g/mol. The highest BCUT2D eigenvalue weighted by Crippen LogP contribution is 2.28. The second kappa shape index (κ2) is 5.59. The lowest BCUT2D eigenvalue weighted by atomic mass is 10.1. The Morgan fingerprint density at radius 3 is 2.83 bits per heavy atom. The van der Waals surface area contributed by atoms with Crippen LogP contribution in [-0.2, 0) is 12.8 Å². The lowest BCUT2D eigenvalue weighted by molar-refractivity contribution is 0.524. The van der Waals surface area contributed by atoms with Gasteiger partial charge in [0.05, 0.1) is 18.3 Å². The molecule has 6 heteroatoms. The molecule has 0 unspecified atom stereocenters. The van der Waals surface area contributed by atoms with Gasteiger partial charge in [-0.1, -0.05) is 29.3 Å². The summed E-state index contributed by atoms with van der Waals surface area (Å²) >= 11 is 5.91. The molecule has 0 atom stereocenters. The summed E-state index contributed by atoms with van der Waals surface area (Å²) in [4.78, 5) is 8.60. The molecule has 5 nitrogen and oxygen atoms in total. The van der Waals surface area contributed by atoms with E-state index in [2.05, 4.69) is 20.2 Å². The van der Waals surface area contributed by atoms with Crippen molar-refractivity contribution in [2.24, 2.45) is 4.99 Å². The van der Waals surface area contributed by atoms with E-state index in [1.165, 1.54) is 5.56 Å². The van der Waals surface area contributed by atoms with Crippen LogP contribution in [-0.4, -0.2) is 20.9 Å². The van der Waals surface area contributed by atoms with Gasteiger partial charge < -0.3 is 4.42 Å². The summed E-state index contributed by atoms with van der Waals surface area (Å²) in [5, 5.41) is 8.72. The Morgan fingerprint density at radius 2 is 2.00 bits per heavy atom. The Hall–Kier alpha value is -2.53. The number of benzene rings is 1. The molecule has 0 radical (unpaired) electrons. The Morgan fingerprint density at radius 1 is 1.17 bits per heavy atom. The number of halogens is 1. The molecule has 23 heavy (non-hydrogen) atoms.